The third kappa shape index (κ3) is 4.73. The molecule has 2 aromatic rings. The van der Waals surface area contributed by atoms with Gasteiger partial charge in [0.15, 0.2) is 28.9 Å². The molecule has 6 heteroatoms. The van der Waals surface area contributed by atoms with Crippen LogP contribution in [0.15, 0.2) is 36.4 Å². The number of hydrogen-bond donors (Lipinski definition) is 1. The maximum atomic E-state index is 12.9. The highest BCUT2D eigenvalue weighted by atomic mass is 19.1. The molecule has 0 atom stereocenters. The summed E-state index contributed by atoms with van der Waals surface area (Å²) in [6.45, 7) is 1.39. The lowest BCUT2D eigenvalue weighted by atomic mass is 10.1. The number of phenols is 1. The van der Waals surface area contributed by atoms with E-state index in [1.165, 1.54) is 51.5 Å². The molecule has 4 nitrogen and oxygen atoms in total. The van der Waals surface area contributed by atoms with E-state index in [1.54, 1.807) is 0 Å². The minimum Gasteiger partial charge on any atom is -0.508 e. The van der Waals surface area contributed by atoms with E-state index in [0.717, 1.165) is 6.07 Å². The first-order chi connectivity index (χ1) is 10.4. The number of ketones is 1. The molecular weight excluding hydrogens is 294 g/mol. The van der Waals surface area contributed by atoms with Gasteiger partial charge in [-0.15, -0.1) is 0 Å². The molecule has 0 amide bonds. The highest BCUT2D eigenvalue weighted by molar-refractivity contribution is 5.94. The smallest absolute Gasteiger partial charge is 0.168 e. The van der Waals surface area contributed by atoms with Crippen molar-refractivity contribution in [3.8, 4) is 17.2 Å². The summed E-state index contributed by atoms with van der Waals surface area (Å²) in [5.74, 6) is -1.03. The summed E-state index contributed by atoms with van der Waals surface area (Å²) in [5.41, 5.74) is 0.355. The van der Waals surface area contributed by atoms with Crippen molar-refractivity contribution < 1.29 is 28.2 Å². The van der Waals surface area contributed by atoms with Crippen LogP contribution >= 0.6 is 0 Å². The summed E-state index contributed by atoms with van der Waals surface area (Å²) in [6, 6.07) is 7.86. The summed E-state index contributed by atoms with van der Waals surface area (Å²) in [4.78, 5) is 10.8. The molecule has 1 N–H and O–H groups in total. The van der Waals surface area contributed by atoms with Gasteiger partial charge in [-0.1, -0.05) is 0 Å². The Kier molecular flexibility index (Phi) is 6.31. The van der Waals surface area contributed by atoms with Crippen LogP contribution in [0.1, 0.15) is 17.3 Å². The van der Waals surface area contributed by atoms with Gasteiger partial charge in [0.05, 0.1) is 14.2 Å². The highest BCUT2D eigenvalue weighted by Gasteiger charge is 2.05. The predicted molar refractivity (Wildman–Crippen MR) is 77.6 cm³/mol. The van der Waals surface area contributed by atoms with Crippen molar-refractivity contribution in [2.24, 2.45) is 0 Å². The minimum atomic E-state index is -0.553. The maximum Gasteiger partial charge on any atom is 0.168 e. The van der Waals surface area contributed by atoms with Gasteiger partial charge in [0, 0.05) is 11.6 Å². The van der Waals surface area contributed by atoms with Crippen molar-refractivity contribution in [3.63, 3.8) is 0 Å². The molecule has 0 fully saturated rings. The zero-order valence-corrected chi connectivity index (χ0v) is 12.4. The average molecular weight is 310 g/mol. The van der Waals surface area contributed by atoms with E-state index in [9.17, 15) is 13.6 Å². The van der Waals surface area contributed by atoms with Crippen molar-refractivity contribution in [1.82, 2.24) is 0 Å². The Balaban J connectivity index is 0.000000224. The van der Waals surface area contributed by atoms with Crippen LogP contribution in [0.25, 0.3) is 0 Å². The summed E-state index contributed by atoms with van der Waals surface area (Å²) in [7, 11) is 2.75. The lowest BCUT2D eigenvalue weighted by molar-refractivity contribution is 0.101. The number of aromatic hydroxyl groups is 1. The van der Waals surface area contributed by atoms with Crippen LogP contribution < -0.4 is 9.47 Å². The van der Waals surface area contributed by atoms with E-state index < -0.39 is 11.6 Å². The zero-order valence-electron chi connectivity index (χ0n) is 12.4. The molecule has 0 unspecified atom stereocenters. The van der Waals surface area contributed by atoms with Gasteiger partial charge in [0.2, 0.25) is 0 Å². The number of phenolic OH excluding ortho intramolecular Hbond substituents is 1. The number of methoxy groups -OCH3 is 2. The molecule has 2 aromatic carbocycles. The number of hydrogen-bond acceptors (Lipinski definition) is 4. The minimum absolute atomic E-state index is 0.0988. The largest absolute Gasteiger partial charge is 0.508 e. The number of benzene rings is 2. The second-order valence-corrected chi connectivity index (χ2v) is 4.22. The first-order valence-corrected chi connectivity index (χ1v) is 6.26. The van der Waals surface area contributed by atoms with Crippen LogP contribution in [0.2, 0.25) is 0 Å². The maximum absolute atomic E-state index is 12.9. The normalized spacial score (nSPS) is 9.50. The summed E-state index contributed by atoms with van der Waals surface area (Å²) < 4.78 is 34.8. The molecule has 0 aliphatic carbocycles. The Hall–Kier alpha value is -2.63. The average Bonchev–Trinajstić information content (AvgIpc) is 2.48. The van der Waals surface area contributed by atoms with Gasteiger partial charge in [-0.2, -0.15) is 0 Å². The number of ether oxygens (including phenoxy) is 2. The van der Waals surface area contributed by atoms with Crippen LogP contribution in [0.4, 0.5) is 8.78 Å². The van der Waals surface area contributed by atoms with Crippen molar-refractivity contribution in [1.29, 1.82) is 0 Å². The highest BCUT2D eigenvalue weighted by Crippen LogP contribution is 2.20. The van der Waals surface area contributed by atoms with Crippen molar-refractivity contribution in [2.75, 3.05) is 14.2 Å². The molecule has 0 bridgehead atoms. The zero-order chi connectivity index (χ0) is 16.7. The Labute approximate surface area is 126 Å². The molecule has 0 radical (unpaired) electrons. The van der Waals surface area contributed by atoms with Crippen molar-refractivity contribution >= 4 is 5.78 Å². The fraction of sp³-hybridized carbons (Fsp3) is 0.188. The topological polar surface area (TPSA) is 55.8 Å². The van der Waals surface area contributed by atoms with E-state index in [1.807, 2.05) is 0 Å². The van der Waals surface area contributed by atoms with Crippen LogP contribution in [-0.2, 0) is 0 Å². The molecule has 0 aliphatic rings. The van der Waals surface area contributed by atoms with Gasteiger partial charge in [0.1, 0.15) is 5.75 Å². The number of halogens is 2. The Morgan fingerprint density at radius 1 is 0.955 bits per heavy atom. The molecule has 0 saturated carbocycles. The van der Waals surface area contributed by atoms with Gasteiger partial charge < -0.3 is 14.6 Å². The molecule has 0 aromatic heterocycles. The molecule has 22 heavy (non-hydrogen) atoms. The fourth-order valence-electron chi connectivity index (χ4n) is 1.54. The summed E-state index contributed by atoms with van der Waals surface area (Å²) in [5, 5.41) is 8.74. The van der Waals surface area contributed by atoms with E-state index in [0.29, 0.717) is 5.56 Å². The molecule has 0 spiro atoms. The lowest BCUT2D eigenvalue weighted by Crippen LogP contribution is -1.94. The third-order valence-electron chi connectivity index (χ3n) is 2.69. The van der Waals surface area contributed by atoms with Crippen LogP contribution in [-0.4, -0.2) is 25.1 Å². The lowest BCUT2D eigenvalue weighted by Gasteiger charge is -2.01. The molecule has 2 rings (SSSR count). The van der Waals surface area contributed by atoms with E-state index >= 15 is 0 Å². The molecule has 118 valence electrons. The second-order valence-electron chi connectivity index (χ2n) is 4.22. The van der Waals surface area contributed by atoms with E-state index in [2.05, 4.69) is 4.74 Å². The Bertz CT molecular complexity index is 657. The van der Waals surface area contributed by atoms with Gasteiger partial charge in [-0.05, 0) is 37.3 Å². The summed E-state index contributed by atoms with van der Waals surface area (Å²) in [6.07, 6.45) is 0. The molecule has 0 aliphatic heterocycles. The Morgan fingerprint density at radius 2 is 1.45 bits per heavy atom. The third-order valence-corrected chi connectivity index (χ3v) is 2.69. The van der Waals surface area contributed by atoms with Gasteiger partial charge in [-0.25, -0.2) is 8.78 Å². The predicted octanol–water partition coefficient (Wildman–Crippen LogP) is 3.58. The Morgan fingerprint density at radius 3 is 1.86 bits per heavy atom. The number of carbonyl (C=O) groups excluding carboxylic acids is 1. The monoisotopic (exact) mass is 310 g/mol. The van der Waals surface area contributed by atoms with Crippen LogP contribution in [0, 0.1) is 11.6 Å². The SMILES string of the molecule is COc1ccc(C(C)=O)cc1F.COc1ccc(O)cc1F. The molecule has 0 heterocycles. The van der Waals surface area contributed by atoms with Gasteiger partial charge in [-0.3, -0.25) is 4.79 Å². The summed E-state index contributed by atoms with van der Waals surface area (Å²) >= 11 is 0. The van der Waals surface area contributed by atoms with Crippen molar-refractivity contribution in [2.45, 2.75) is 6.92 Å². The second kappa shape index (κ2) is 7.97. The fourth-order valence-corrected chi connectivity index (χ4v) is 1.54. The van der Waals surface area contributed by atoms with E-state index in [4.69, 9.17) is 9.84 Å². The van der Waals surface area contributed by atoms with Crippen LogP contribution in [0.5, 0.6) is 17.2 Å². The van der Waals surface area contributed by atoms with Gasteiger partial charge >= 0.3 is 0 Å². The number of carbonyl (C=O) groups is 1. The van der Waals surface area contributed by atoms with E-state index in [-0.39, 0.29) is 23.0 Å². The number of rotatable bonds is 3. The van der Waals surface area contributed by atoms with Crippen LogP contribution in [0.3, 0.4) is 0 Å². The number of Topliss-reactive ketones (excluding diaryl/α,β-unsaturated/α-hetero) is 1. The molecular formula is C16H16F2O4. The van der Waals surface area contributed by atoms with Gasteiger partial charge in [0.25, 0.3) is 0 Å². The quantitative estimate of drug-likeness (QED) is 0.881. The standard InChI is InChI=1S/C9H9FO2.C7H7FO2/c1-6(11)7-3-4-9(12-2)8(10)5-7;1-10-7-3-2-5(9)4-6(7)8/h3-5H,1-2H3;2-4,9H,1H3. The van der Waals surface area contributed by atoms with Crippen molar-refractivity contribution in [3.05, 3.63) is 53.6 Å². The first-order valence-electron chi connectivity index (χ1n) is 6.26. The molecule has 0 saturated heterocycles. The first kappa shape index (κ1) is 17.4.